The van der Waals surface area contributed by atoms with Gasteiger partial charge in [0, 0.05) is 5.54 Å². The summed E-state index contributed by atoms with van der Waals surface area (Å²) < 4.78 is 0. The molecule has 1 aromatic rings. The van der Waals surface area contributed by atoms with Crippen molar-refractivity contribution < 1.29 is 0 Å². The van der Waals surface area contributed by atoms with Crippen molar-refractivity contribution >= 4 is 0 Å². The molecule has 1 nitrogen and oxygen atoms in total. The number of benzene rings is 1. The normalized spacial score (nSPS) is 23.8. The number of nitrogens with one attached hydrogen (secondary N) is 1. The van der Waals surface area contributed by atoms with Crippen LogP contribution in [0.3, 0.4) is 0 Å². The molecule has 1 saturated carbocycles. The lowest BCUT2D eigenvalue weighted by Crippen LogP contribution is -2.40. The van der Waals surface area contributed by atoms with E-state index in [9.17, 15) is 0 Å². The van der Waals surface area contributed by atoms with Crippen molar-refractivity contribution in [1.29, 1.82) is 0 Å². The number of hydrogen-bond donors (Lipinski definition) is 1. The minimum Gasteiger partial charge on any atom is -0.312 e. The van der Waals surface area contributed by atoms with E-state index in [1.54, 1.807) is 5.56 Å². The largest absolute Gasteiger partial charge is 0.312 e. The number of rotatable bonds is 4. The molecule has 0 bridgehead atoms. The third-order valence-corrected chi connectivity index (χ3v) is 4.87. The Kier molecular flexibility index (Phi) is 5.87. The Morgan fingerprint density at radius 2 is 1.67 bits per heavy atom. The minimum atomic E-state index is 0.225. The molecule has 0 radical (unpaired) electrons. The third-order valence-electron chi connectivity index (χ3n) is 4.87. The average molecular weight is 287 g/mol. The molecule has 2 rings (SSSR count). The fourth-order valence-corrected chi connectivity index (χ4v) is 3.51. The maximum absolute atomic E-state index is 3.74. The van der Waals surface area contributed by atoms with Crippen molar-refractivity contribution in [3.63, 3.8) is 0 Å². The van der Waals surface area contributed by atoms with Gasteiger partial charge in [-0.2, -0.15) is 0 Å². The fourth-order valence-electron chi connectivity index (χ4n) is 3.51. The van der Waals surface area contributed by atoms with Crippen LogP contribution in [0.15, 0.2) is 24.3 Å². The monoisotopic (exact) mass is 287 g/mol. The molecule has 0 heterocycles. The predicted molar refractivity (Wildman–Crippen MR) is 92.9 cm³/mol. The maximum Gasteiger partial charge on any atom is 0.00966 e. The first-order valence-corrected chi connectivity index (χ1v) is 8.83. The molecule has 1 heteroatoms. The van der Waals surface area contributed by atoms with E-state index >= 15 is 0 Å². The first kappa shape index (κ1) is 16.5. The Bertz CT molecular complexity index is 412. The molecule has 1 N–H and O–H groups in total. The zero-order valence-electron chi connectivity index (χ0n) is 14.4. The Morgan fingerprint density at radius 3 is 2.29 bits per heavy atom. The maximum atomic E-state index is 3.74. The van der Waals surface area contributed by atoms with Crippen LogP contribution < -0.4 is 5.32 Å². The van der Waals surface area contributed by atoms with E-state index in [1.807, 2.05) is 0 Å². The van der Waals surface area contributed by atoms with Gasteiger partial charge in [0.25, 0.3) is 0 Å². The van der Waals surface area contributed by atoms with E-state index < -0.39 is 0 Å². The van der Waals surface area contributed by atoms with Crippen LogP contribution in [0.5, 0.6) is 0 Å². The minimum absolute atomic E-state index is 0.225. The summed E-state index contributed by atoms with van der Waals surface area (Å²) in [5.41, 5.74) is 3.25. The molecule has 1 aliphatic rings. The van der Waals surface area contributed by atoms with Gasteiger partial charge in [0.05, 0.1) is 0 Å². The summed E-state index contributed by atoms with van der Waals surface area (Å²) in [4.78, 5) is 0. The lowest BCUT2D eigenvalue weighted by Gasteiger charge is -2.30. The van der Waals surface area contributed by atoms with Crippen molar-refractivity contribution in [3.8, 4) is 0 Å². The van der Waals surface area contributed by atoms with E-state index in [4.69, 9.17) is 0 Å². The molecule has 1 fully saturated rings. The molecule has 0 saturated heterocycles. The van der Waals surface area contributed by atoms with Crippen LogP contribution in [-0.2, 0) is 6.42 Å². The van der Waals surface area contributed by atoms with Gasteiger partial charge in [-0.3, -0.25) is 0 Å². The van der Waals surface area contributed by atoms with Crippen molar-refractivity contribution in [2.45, 2.75) is 77.7 Å². The molecule has 21 heavy (non-hydrogen) atoms. The van der Waals surface area contributed by atoms with Crippen LogP contribution in [0, 0.1) is 5.92 Å². The highest BCUT2D eigenvalue weighted by molar-refractivity contribution is 5.26. The summed E-state index contributed by atoms with van der Waals surface area (Å²) in [6, 6.07) is 9.43. The lowest BCUT2D eigenvalue weighted by atomic mass is 9.81. The summed E-state index contributed by atoms with van der Waals surface area (Å²) in [5.74, 6) is 1.53. The van der Waals surface area contributed by atoms with Crippen LogP contribution >= 0.6 is 0 Å². The van der Waals surface area contributed by atoms with Crippen molar-refractivity contribution in [2.75, 3.05) is 6.54 Å². The Balaban J connectivity index is 2.10. The predicted octanol–water partition coefficient (Wildman–Crippen LogP) is 5.30. The van der Waals surface area contributed by atoms with Crippen LogP contribution in [0.4, 0.5) is 0 Å². The summed E-state index contributed by atoms with van der Waals surface area (Å²) in [7, 11) is 0. The first-order chi connectivity index (χ1) is 9.99. The van der Waals surface area contributed by atoms with Crippen LogP contribution in [-0.4, -0.2) is 12.1 Å². The molecule has 2 unspecified atom stereocenters. The van der Waals surface area contributed by atoms with E-state index in [0.29, 0.717) is 0 Å². The van der Waals surface area contributed by atoms with Crippen molar-refractivity contribution in [1.82, 2.24) is 5.32 Å². The summed E-state index contributed by atoms with van der Waals surface area (Å²) >= 11 is 0. The highest BCUT2D eigenvalue weighted by Gasteiger charge is 2.26. The van der Waals surface area contributed by atoms with Gasteiger partial charge in [0.15, 0.2) is 0 Å². The van der Waals surface area contributed by atoms with Gasteiger partial charge in [0.1, 0.15) is 0 Å². The molecule has 1 aliphatic carbocycles. The van der Waals surface area contributed by atoms with E-state index in [0.717, 1.165) is 24.8 Å². The van der Waals surface area contributed by atoms with Gasteiger partial charge < -0.3 is 5.32 Å². The smallest absolute Gasteiger partial charge is 0.00966 e. The number of hydrogen-bond acceptors (Lipinski definition) is 1. The molecular formula is C20H33N. The van der Waals surface area contributed by atoms with Gasteiger partial charge in [-0.25, -0.2) is 0 Å². The Labute approximate surface area is 131 Å². The third kappa shape index (κ3) is 5.14. The second-order valence-electron chi connectivity index (χ2n) is 7.73. The molecule has 2 atom stereocenters. The molecule has 1 aromatic carbocycles. The molecular weight excluding hydrogens is 254 g/mol. The second kappa shape index (κ2) is 7.45. The lowest BCUT2D eigenvalue weighted by molar-refractivity contribution is 0.322. The summed E-state index contributed by atoms with van der Waals surface area (Å²) in [6.45, 7) is 10.2. The van der Waals surface area contributed by atoms with Gasteiger partial charge in [-0.15, -0.1) is 0 Å². The fraction of sp³-hybridized carbons (Fsp3) is 0.700. The van der Waals surface area contributed by atoms with Crippen molar-refractivity contribution in [3.05, 3.63) is 35.4 Å². The highest BCUT2D eigenvalue weighted by atomic mass is 14.9. The Morgan fingerprint density at radius 1 is 1.00 bits per heavy atom. The Hall–Kier alpha value is -0.820. The molecule has 118 valence electrons. The standard InChI is InChI=1S/C20H33N/c1-5-16-11-13-17(14-12-16)19-10-8-6-7-9-18(19)15-21-20(2,3)4/h11-14,18-19,21H,5-10,15H2,1-4H3. The van der Waals surface area contributed by atoms with Gasteiger partial charge in [0.2, 0.25) is 0 Å². The quantitative estimate of drug-likeness (QED) is 0.741. The highest BCUT2D eigenvalue weighted by Crippen LogP contribution is 2.36. The van der Waals surface area contributed by atoms with E-state index in [1.165, 1.54) is 37.7 Å². The van der Waals surface area contributed by atoms with Gasteiger partial charge in [-0.05, 0) is 69.5 Å². The van der Waals surface area contributed by atoms with E-state index in [-0.39, 0.29) is 5.54 Å². The topological polar surface area (TPSA) is 12.0 Å². The molecule has 0 aromatic heterocycles. The van der Waals surface area contributed by atoms with Gasteiger partial charge in [-0.1, -0.05) is 50.5 Å². The average Bonchev–Trinajstić information content (AvgIpc) is 2.70. The molecule has 0 aliphatic heterocycles. The van der Waals surface area contributed by atoms with Gasteiger partial charge >= 0.3 is 0 Å². The first-order valence-electron chi connectivity index (χ1n) is 8.83. The zero-order valence-corrected chi connectivity index (χ0v) is 14.4. The van der Waals surface area contributed by atoms with Crippen LogP contribution in [0.2, 0.25) is 0 Å². The summed E-state index contributed by atoms with van der Waals surface area (Å²) in [6.07, 6.45) is 8.09. The zero-order chi connectivity index (χ0) is 15.3. The SMILES string of the molecule is CCc1ccc(C2CCCCCC2CNC(C)(C)C)cc1. The van der Waals surface area contributed by atoms with E-state index in [2.05, 4.69) is 57.3 Å². The van der Waals surface area contributed by atoms with Crippen LogP contribution in [0.1, 0.15) is 76.8 Å². The second-order valence-corrected chi connectivity index (χ2v) is 7.73. The molecule has 0 amide bonds. The number of aryl methyl sites for hydroxylation is 1. The summed E-state index contributed by atoms with van der Waals surface area (Å²) in [5, 5.41) is 3.74. The molecule has 0 spiro atoms. The van der Waals surface area contributed by atoms with Crippen LogP contribution in [0.25, 0.3) is 0 Å². The van der Waals surface area contributed by atoms with Crippen molar-refractivity contribution in [2.24, 2.45) is 5.92 Å².